The van der Waals surface area contributed by atoms with Crippen LogP contribution < -0.4 is 5.32 Å². The minimum atomic E-state index is -0.830. The van der Waals surface area contributed by atoms with E-state index >= 15 is 0 Å². The Kier molecular flexibility index (Phi) is 2.49. The van der Waals surface area contributed by atoms with Gasteiger partial charge in [-0.05, 0) is 13.0 Å². The summed E-state index contributed by atoms with van der Waals surface area (Å²) in [6, 6.07) is 0.367. The maximum absolute atomic E-state index is 10.6. The Balaban J connectivity index is 2.15. The molecule has 1 fully saturated rings. The molecule has 5 heteroatoms. The minimum absolute atomic E-state index is 0.00347. The predicted octanol–water partition coefficient (Wildman–Crippen LogP) is 0.0446. The molecular weight excluding hydrogens is 182 g/mol. The van der Waals surface area contributed by atoms with E-state index in [9.17, 15) is 4.79 Å². The molecule has 1 unspecified atom stereocenters. The lowest BCUT2D eigenvalue weighted by atomic mass is 10.2. The van der Waals surface area contributed by atoms with Crippen LogP contribution >= 0.6 is 0 Å². The molecule has 0 amide bonds. The normalized spacial score (nSPS) is 21.3. The highest BCUT2D eigenvalue weighted by Crippen LogP contribution is 2.16. The summed E-state index contributed by atoms with van der Waals surface area (Å²) in [4.78, 5) is 14.6. The van der Waals surface area contributed by atoms with E-state index in [1.165, 1.54) is 0 Å². The third-order valence-electron chi connectivity index (χ3n) is 2.49. The Morgan fingerprint density at radius 2 is 2.64 bits per heavy atom. The molecule has 1 saturated heterocycles. The number of nitrogens with one attached hydrogen (secondary N) is 1. The van der Waals surface area contributed by atoms with Gasteiger partial charge in [0.2, 0.25) is 0 Å². The Morgan fingerprint density at radius 1 is 1.79 bits per heavy atom. The number of rotatable bonds is 3. The van der Waals surface area contributed by atoms with E-state index in [0.717, 1.165) is 19.5 Å². The van der Waals surface area contributed by atoms with Gasteiger partial charge in [-0.1, -0.05) is 0 Å². The molecule has 0 saturated carbocycles. The molecule has 2 N–H and O–H groups in total. The van der Waals surface area contributed by atoms with Gasteiger partial charge in [-0.15, -0.1) is 0 Å². The monoisotopic (exact) mass is 195 g/mol. The van der Waals surface area contributed by atoms with Crippen molar-refractivity contribution in [1.82, 2.24) is 14.9 Å². The molecule has 0 radical (unpaired) electrons. The van der Waals surface area contributed by atoms with Crippen LogP contribution in [0.1, 0.15) is 18.3 Å². The third kappa shape index (κ3) is 1.77. The van der Waals surface area contributed by atoms with Gasteiger partial charge in [0.15, 0.2) is 0 Å². The number of hydrogen-bond donors (Lipinski definition) is 2. The number of nitrogens with zero attached hydrogens (tertiary/aromatic N) is 2. The zero-order valence-corrected chi connectivity index (χ0v) is 7.81. The number of aromatic nitrogens is 2. The first kappa shape index (κ1) is 9.21. The third-order valence-corrected chi connectivity index (χ3v) is 2.49. The van der Waals surface area contributed by atoms with Gasteiger partial charge in [0.25, 0.3) is 0 Å². The number of carboxylic acid groups (broad SMARTS) is 1. The Hall–Kier alpha value is -1.36. The van der Waals surface area contributed by atoms with Crippen molar-refractivity contribution < 1.29 is 9.90 Å². The summed E-state index contributed by atoms with van der Waals surface area (Å²) < 4.78 is 1.97. The number of hydrogen-bond acceptors (Lipinski definition) is 3. The van der Waals surface area contributed by atoms with Crippen LogP contribution in [0.5, 0.6) is 0 Å². The van der Waals surface area contributed by atoms with Crippen LogP contribution in [0.2, 0.25) is 0 Å². The quantitative estimate of drug-likeness (QED) is 0.715. The number of imidazole rings is 1. The summed E-state index contributed by atoms with van der Waals surface area (Å²) in [5.74, 6) is -0.186. The first-order chi connectivity index (χ1) is 6.77. The molecule has 0 spiro atoms. The van der Waals surface area contributed by atoms with Crippen LogP contribution in [0.4, 0.5) is 0 Å². The molecule has 1 aliphatic rings. The predicted molar refractivity (Wildman–Crippen MR) is 50.1 cm³/mol. The SMILES string of the molecule is O=C(O)Cc1nccn1C1CCNC1. The molecule has 5 nitrogen and oxygen atoms in total. The Bertz CT molecular complexity index is 329. The Labute approximate surface area is 81.8 Å². The molecule has 14 heavy (non-hydrogen) atoms. The fourth-order valence-electron chi connectivity index (χ4n) is 1.83. The van der Waals surface area contributed by atoms with Crippen LogP contribution in [0, 0.1) is 0 Å². The smallest absolute Gasteiger partial charge is 0.311 e. The average molecular weight is 195 g/mol. The van der Waals surface area contributed by atoms with E-state index in [1.807, 2.05) is 10.8 Å². The first-order valence-corrected chi connectivity index (χ1v) is 4.71. The number of carbonyl (C=O) groups is 1. The zero-order chi connectivity index (χ0) is 9.97. The lowest BCUT2D eigenvalue weighted by molar-refractivity contribution is -0.136. The largest absolute Gasteiger partial charge is 0.481 e. The lowest BCUT2D eigenvalue weighted by Gasteiger charge is -2.12. The molecule has 2 heterocycles. The van der Waals surface area contributed by atoms with Crippen molar-refractivity contribution in [2.45, 2.75) is 18.9 Å². The lowest BCUT2D eigenvalue weighted by Crippen LogP contribution is -2.16. The van der Waals surface area contributed by atoms with Crippen LogP contribution in [0.25, 0.3) is 0 Å². The number of aliphatic carboxylic acids is 1. The van der Waals surface area contributed by atoms with E-state index in [0.29, 0.717) is 11.9 Å². The molecule has 1 aromatic heterocycles. The summed E-state index contributed by atoms with van der Waals surface area (Å²) in [5.41, 5.74) is 0. The summed E-state index contributed by atoms with van der Waals surface area (Å²) in [6.07, 6.45) is 4.57. The fraction of sp³-hybridized carbons (Fsp3) is 0.556. The second-order valence-electron chi connectivity index (χ2n) is 3.47. The van der Waals surface area contributed by atoms with Gasteiger partial charge in [0.05, 0.1) is 0 Å². The summed E-state index contributed by atoms with van der Waals surface area (Å²) in [6.45, 7) is 1.90. The van der Waals surface area contributed by atoms with Crippen molar-refractivity contribution in [3.8, 4) is 0 Å². The summed E-state index contributed by atoms with van der Waals surface area (Å²) in [5, 5.41) is 11.9. The molecule has 0 aliphatic carbocycles. The van der Waals surface area contributed by atoms with Gasteiger partial charge in [-0.3, -0.25) is 4.79 Å². The van der Waals surface area contributed by atoms with E-state index in [-0.39, 0.29) is 6.42 Å². The van der Waals surface area contributed by atoms with Gasteiger partial charge in [-0.25, -0.2) is 4.98 Å². The highest BCUT2D eigenvalue weighted by atomic mass is 16.4. The molecule has 1 aliphatic heterocycles. The van der Waals surface area contributed by atoms with Crippen molar-refractivity contribution in [2.24, 2.45) is 0 Å². The molecule has 0 aromatic carbocycles. The average Bonchev–Trinajstić information content (AvgIpc) is 2.70. The Morgan fingerprint density at radius 3 is 3.29 bits per heavy atom. The van der Waals surface area contributed by atoms with Gasteiger partial charge >= 0.3 is 5.97 Å². The standard InChI is InChI=1S/C9H13N3O2/c13-9(14)5-8-11-3-4-12(8)7-1-2-10-6-7/h3-4,7,10H,1-2,5-6H2,(H,13,14). The highest BCUT2D eigenvalue weighted by molar-refractivity contribution is 5.69. The second kappa shape index (κ2) is 3.79. The molecular formula is C9H13N3O2. The summed E-state index contributed by atoms with van der Waals surface area (Å²) in [7, 11) is 0. The van der Waals surface area contributed by atoms with Gasteiger partial charge in [-0.2, -0.15) is 0 Å². The number of carboxylic acids is 1. The van der Waals surface area contributed by atoms with Crippen LogP contribution in [-0.4, -0.2) is 33.7 Å². The maximum atomic E-state index is 10.6. The molecule has 1 aromatic rings. The van der Waals surface area contributed by atoms with E-state index in [4.69, 9.17) is 5.11 Å². The highest BCUT2D eigenvalue weighted by Gasteiger charge is 2.19. The van der Waals surface area contributed by atoms with Crippen molar-refractivity contribution >= 4 is 5.97 Å². The topological polar surface area (TPSA) is 67.1 Å². The van der Waals surface area contributed by atoms with Crippen LogP contribution in [0.3, 0.4) is 0 Å². The van der Waals surface area contributed by atoms with Gasteiger partial charge in [0, 0.05) is 25.0 Å². The van der Waals surface area contributed by atoms with Crippen molar-refractivity contribution in [1.29, 1.82) is 0 Å². The second-order valence-corrected chi connectivity index (χ2v) is 3.47. The fourth-order valence-corrected chi connectivity index (χ4v) is 1.83. The summed E-state index contributed by atoms with van der Waals surface area (Å²) >= 11 is 0. The molecule has 0 bridgehead atoms. The van der Waals surface area contributed by atoms with Crippen LogP contribution in [-0.2, 0) is 11.2 Å². The minimum Gasteiger partial charge on any atom is -0.481 e. The van der Waals surface area contributed by atoms with E-state index in [1.54, 1.807) is 6.20 Å². The van der Waals surface area contributed by atoms with E-state index in [2.05, 4.69) is 10.3 Å². The van der Waals surface area contributed by atoms with Gasteiger partial charge < -0.3 is 15.0 Å². The molecule has 76 valence electrons. The van der Waals surface area contributed by atoms with Crippen LogP contribution in [0.15, 0.2) is 12.4 Å². The van der Waals surface area contributed by atoms with Gasteiger partial charge in [0.1, 0.15) is 12.2 Å². The molecule has 1 atom stereocenters. The van der Waals surface area contributed by atoms with Crippen molar-refractivity contribution in [3.05, 3.63) is 18.2 Å². The first-order valence-electron chi connectivity index (χ1n) is 4.71. The molecule has 2 rings (SSSR count). The van der Waals surface area contributed by atoms with E-state index < -0.39 is 5.97 Å². The van der Waals surface area contributed by atoms with Crippen molar-refractivity contribution in [3.63, 3.8) is 0 Å². The van der Waals surface area contributed by atoms with Crippen molar-refractivity contribution in [2.75, 3.05) is 13.1 Å². The zero-order valence-electron chi connectivity index (χ0n) is 7.81. The maximum Gasteiger partial charge on any atom is 0.311 e.